The lowest BCUT2D eigenvalue weighted by Gasteiger charge is -2.35. The van der Waals surface area contributed by atoms with Crippen LogP contribution in [-0.4, -0.2) is 29.4 Å². The van der Waals surface area contributed by atoms with Gasteiger partial charge in [-0.2, -0.15) is 0 Å². The Kier molecular flexibility index (Phi) is 7.27. The van der Waals surface area contributed by atoms with Crippen molar-refractivity contribution in [3.63, 3.8) is 0 Å². The van der Waals surface area contributed by atoms with Gasteiger partial charge in [0, 0.05) is 12.1 Å². The minimum Gasteiger partial charge on any atom is -0.496 e. The summed E-state index contributed by atoms with van der Waals surface area (Å²) in [5.74, 6) is 1.23. The van der Waals surface area contributed by atoms with Gasteiger partial charge in [-0.1, -0.05) is 97.1 Å². The van der Waals surface area contributed by atoms with Crippen molar-refractivity contribution < 1.29 is 14.3 Å². The number of aliphatic imine (C=N–C) groups is 1. The number of esters is 1. The van der Waals surface area contributed by atoms with Gasteiger partial charge in [0.25, 0.3) is 0 Å². The summed E-state index contributed by atoms with van der Waals surface area (Å²) in [6, 6.07) is 35.9. The minimum atomic E-state index is -1.15. The van der Waals surface area contributed by atoms with Crippen LogP contribution in [0.15, 0.2) is 114 Å². The molecule has 0 radical (unpaired) electrons. The van der Waals surface area contributed by atoms with Gasteiger partial charge in [-0.15, -0.1) is 0 Å². The summed E-state index contributed by atoms with van der Waals surface area (Å²) in [6.45, 7) is 4.64. The average Bonchev–Trinajstić information content (AvgIpc) is 3.26. The summed E-state index contributed by atoms with van der Waals surface area (Å²) in [6.07, 6.45) is 0. The molecule has 0 spiro atoms. The molecule has 0 amide bonds. The molecule has 0 saturated heterocycles. The Morgan fingerprint density at radius 3 is 2.13 bits per heavy atom. The largest absolute Gasteiger partial charge is 0.496 e. The molecule has 0 bridgehead atoms. The summed E-state index contributed by atoms with van der Waals surface area (Å²) in [4.78, 5) is 21.3. The third-order valence-corrected chi connectivity index (χ3v) is 7.04. The Balaban J connectivity index is 1.53. The van der Waals surface area contributed by atoms with Crippen molar-refractivity contribution >= 4 is 11.8 Å². The van der Waals surface area contributed by atoms with E-state index in [0.29, 0.717) is 6.54 Å². The van der Waals surface area contributed by atoms with Crippen molar-refractivity contribution in [3.05, 3.63) is 137 Å². The zero-order chi connectivity index (χ0) is 26.5. The molecule has 5 heteroatoms. The Bertz CT molecular complexity index is 1420. The first-order valence-electron chi connectivity index (χ1n) is 12.8. The van der Waals surface area contributed by atoms with E-state index >= 15 is 0 Å². The van der Waals surface area contributed by atoms with Crippen LogP contribution in [0.3, 0.4) is 0 Å². The van der Waals surface area contributed by atoms with Crippen LogP contribution in [0, 0.1) is 6.92 Å². The van der Waals surface area contributed by atoms with E-state index in [1.165, 1.54) is 0 Å². The highest BCUT2D eigenvalue weighted by atomic mass is 16.5. The van der Waals surface area contributed by atoms with E-state index < -0.39 is 5.54 Å². The van der Waals surface area contributed by atoms with Crippen LogP contribution in [0.4, 0.5) is 0 Å². The molecule has 1 heterocycles. The smallest absolute Gasteiger partial charge is 0.336 e. The number of amidine groups is 1. The van der Waals surface area contributed by atoms with Gasteiger partial charge in [0.05, 0.1) is 13.2 Å². The van der Waals surface area contributed by atoms with Gasteiger partial charge in [0.15, 0.2) is 5.54 Å². The van der Waals surface area contributed by atoms with Gasteiger partial charge >= 0.3 is 5.97 Å². The van der Waals surface area contributed by atoms with Gasteiger partial charge < -0.3 is 14.4 Å². The Morgan fingerprint density at radius 2 is 1.50 bits per heavy atom. The predicted octanol–water partition coefficient (Wildman–Crippen LogP) is 6.51. The SMILES string of the molecule is COc1ccc(COC(=O)C2(C)N=C(c3ccccc3)N(Cc3ccccc3)C2c2ccccc2)cc1C. The molecule has 0 aromatic heterocycles. The molecule has 1 aliphatic rings. The second-order valence-corrected chi connectivity index (χ2v) is 9.76. The first-order chi connectivity index (χ1) is 18.5. The molecule has 4 aromatic rings. The fourth-order valence-corrected chi connectivity index (χ4v) is 5.16. The highest BCUT2D eigenvalue weighted by Gasteiger charge is 2.52. The third kappa shape index (κ3) is 5.05. The topological polar surface area (TPSA) is 51.1 Å². The number of carbonyl (C=O) groups is 1. The van der Waals surface area contributed by atoms with Gasteiger partial charge in [0.2, 0.25) is 0 Å². The van der Waals surface area contributed by atoms with Gasteiger partial charge in [-0.3, -0.25) is 0 Å². The number of ether oxygens (including phenoxy) is 2. The van der Waals surface area contributed by atoms with Crippen molar-refractivity contribution in [1.82, 2.24) is 4.90 Å². The number of nitrogens with zero attached hydrogens (tertiary/aromatic N) is 2. The van der Waals surface area contributed by atoms with Crippen LogP contribution in [-0.2, 0) is 22.7 Å². The van der Waals surface area contributed by atoms with Gasteiger partial charge in [-0.05, 0) is 48.2 Å². The fraction of sp³-hybridized carbons (Fsp3) is 0.212. The van der Waals surface area contributed by atoms with E-state index in [4.69, 9.17) is 14.5 Å². The van der Waals surface area contributed by atoms with Crippen molar-refractivity contribution in [3.8, 4) is 5.75 Å². The molecular weight excluding hydrogens is 472 g/mol. The second kappa shape index (κ2) is 10.9. The zero-order valence-electron chi connectivity index (χ0n) is 22.0. The summed E-state index contributed by atoms with van der Waals surface area (Å²) >= 11 is 0. The summed E-state index contributed by atoms with van der Waals surface area (Å²) in [5.41, 5.74) is 3.87. The molecule has 0 N–H and O–H groups in total. The summed E-state index contributed by atoms with van der Waals surface area (Å²) in [7, 11) is 1.65. The quantitative estimate of drug-likeness (QED) is 0.257. The number of benzene rings is 4. The van der Waals surface area contributed by atoms with Gasteiger partial charge in [-0.25, -0.2) is 9.79 Å². The number of methoxy groups -OCH3 is 1. The van der Waals surface area contributed by atoms with Crippen LogP contribution in [0.2, 0.25) is 0 Å². The maximum absolute atomic E-state index is 13.9. The van der Waals surface area contributed by atoms with Crippen LogP contribution in [0.25, 0.3) is 0 Å². The highest BCUT2D eigenvalue weighted by Crippen LogP contribution is 2.43. The molecule has 0 fully saturated rings. The predicted molar refractivity (Wildman–Crippen MR) is 150 cm³/mol. The molecule has 38 heavy (non-hydrogen) atoms. The summed E-state index contributed by atoms with van der Waals surface area (Å²) < 4.78 is 11.3. The number of carbonyl (C=O) groups excluding carboxylic acids is 1. The van der Waals surface area contributed by atoms with E-state index in [1.807, 2.05) is 98.8 Å². The van der Waals surface area contributed by atoms with E-state index in [1.54, 1.807) is 7.11 Å². The lowest BCUT2D eigenvalue weighted by Crippen LogP contribution is -2.44. The monoisotopic (exact) mass is 504 g/mol. The van der Waals surface area contributed by atoms with E-state index in [0.717, 1.165) is 39.4 Å². The first kappa shape index (κ1) is 25.3. The van der Waals surface area contributed by atoms with Crippen LogP contribution >= 0.6 is 0 Å². The number of hydrogen-bond donors (Lipinski definition) is 0. The molecule has 2 unspecified atom stereocenters. The lowest BCUT2D eigenvalue weighted by atomic mass is 9.87. The molecule has 192 valence electrons. The average molecular weight is 505 g/mol. The fourth-order valence-electron chi connectivity index (χ4n) is 5.16. The van der Waals surface area contributed by atoms with E-state index in [-0.39, 0.29) is 18.6 Å². The first-order valence-corrected chi connectivity index (χ1v) is 12.8. The zero-order valence-corrected chi connectivity index (χ0v) is 22.0. The Labute approximate surface area is 224 Å². The summed E-state index contributed by atoms with van der Waals surface area (Å²) in [5, 5.41) is 0. The number of rotatable bonds is 8. The molecule has 1 aliphatic heterocycles. The van der Waals surface area contributed by atoms with E-state index in [9.17, 15) is 4.79 Å². The standard InChI is InChI=1S/C33H32N2O3/c1-24-21-26(19-20-29(24)37-3)23-38-32(36)33(2)30(27-15-9-5-10-16-27)35(22-25-13-7-4-8-14-25)31(34-33)28-17-11-6-12-18-28/h4-21,30H,22-23H2,1-3H3. The Hall–Kier alpha value is -4.38. The molecule has 4 aromatic carbocycles. The maximum atomic E-state index is 13.9. The number of hydrogen-bond acceptors (Lipinski definition) is 5. The van der Waals surface area contributed by atoms with Crippen LogP contribution < -0.4 is 4.74 Å². The van der Waals surface area contributed by atoms with Crippen molar-refractivity contribution in [1.29, 1.82) is 0 Å². The number of aryl methyl sites for hydroxylation is 1. The second-order valence-electron chi connectivity index (χ2n) is 9.76. The van der Waals surface area contributed by atoms with E-state index in [2.05, 4.69) is 29.2 Å². The van der Waals surface area contributed by atoms with Crippen LogP contribution in [0.5, 0.6) is 5.75 Å². The molecular formula is C33H32N2O3. The molecule has 0 aliphatic carbocycles. The van der Waals surface area contributed by atoms with Gasteiger partial charge in [0.1, 0.15) is 18.2 Å². The Morgan fingerprint density at radius 1 is 0.868 bits per heavy atom. The van der Waals surface area contributed by atoms with Crippen molar-refractivity contribution in [2.45, 2.75) is 38.6 Å². The molecule has 2 atom stereocenters. The highest BCUT2D eigenvalue weighted by molar-refractivity contribution is 6.04. The third-order valence-electron chi connectivity index (χ3n) is 7.04. The van der Waals surface area contributed by atoms with Crippen molar-refractivity contribution in [2.24, 2.45) is 4.99 Å². The maximum Gasteiger partial charge on any atom is 0.336 e. The molecule has 0 saturated carbocycles. The lowest BCUT2D eigenvalue weighted by molar-refractivity contribution is -0.152. The molecule has 5 nitrogen and oxygen atoms in total. The van der Waals surface area contributed by atoms with Crippen LogP contribution in [0.1, 0.15) is 40.8 Å². The minimum absolute atomic E-state index is 0.162. The molecule has 5 rings (SSSR count). The normalized spacial score (nSPS) is 18.7. The van der Waals surface area contributed by atoms with Crippen molar-refractivity contribution in [2.75, 3.05) is 7.11 Å².